The van der Waals surface area contributed by atoms with Gasteiger partial charge in [0.2, 0.25) is 15.9 Å². The van der Waals surface area contributed by atoms with Crippen LogP contribution < -0.4 is 0 Å². The average molecular weight is 324 g/mol. The molecule has 0 bridgehead atoms. The van der Waals surface area contributed by atoms with Crippen LogP contribution in [0.3, 0.4) is 0 Å². The first-order valence-electron chi connectivity index (χ1n) is 6.65. The lowest BCUT2D eigenvalue weighted by molar-refractivity contribution is -0.131. The highest BCUT2D eigenvalue weighted by atomic mass is 32.2. The van der Waals surface area contributed by atoms with E-state index in [4.69, 9.17) is 0 Å². The third-order valence-electron chi connectivity index (χ3n) is 3.91. The van der Waals surface area contributed by atoms with Crippen molar-refractivity contribution in [3.63, 3.8) is 0 Å². The average Bonchev–Trinajstić information content (AvgIpc) is 2.71. The Morgan fingerprint density at radius 2 is 1.90 bits per heavy atom. The SMILES string of the molecule is CN(C(=O)CN1CCCCS1(=O)=O)C1CCS(=O)(=O)C1. The summed E-state index contributed by atoms with van der Waals surface area (Å²) in [6.45, 7) is 0.181. The van der Waals surface area contributed by atoms with Gasteiger partial charge in [0.15, 0.2) is 9.84 Å². The first-order valence-corrected chi connectivity index (χ1v) is 10.1. The molecular weight excluding hydrogens is 304 g/mol. The van der Waals surface area contributed by atoms with Crippen LogP contribution in [-0.4, -0.2) is 75.4 Å². The molecule has 0 aromatic heterocycles. The van der Waals surface area contributed by atoms with Crippen molar-refractivity contribution in [1.29, 1.82) is 0 Å². The Morgan fingerprint density at radius 1 is 1.20 bits per heavy atom. The Morgan fingerprint density at radius 3 is 2.45 bits per heavy atom. The molecule has 0 saturated carbocycles. The highest BCUT2D eigenvalue weighted by molar-refractivity contribution is 7.91. The third kappa shape index (κ3) is 3.50. The second-order valence-corrected chi connectivity index (χ2v) is 9.74. The van der Waals surface area contributed by atoms with Crippen molar-refractivity contribution >= 4 is 25.8 Å². The fourth-order valence-corrected chi connectivity index (χ4v) is 5.88. The zero-order valence-corrected chi connectivity index (χ0v) is 13.1. The normalized spacial score (nSPS) is 29.1. The van der Waals surface area contributed by atoms with Gasteiger partial charge in [0.25, 0.3) is 0 Å². The summed E-state index contributed by atoms with van der Waals surface area (Å²) in [5.74, 6) is -0.182. The van der Waals surface area contributed by atoms with E-state index in [-0.39, 0.29) is 35.8 Å². The van der Waals surface area contributed by atoms with E-state index in [0.29, 0.717) is 19.4 Å². The number of sulfone groups is 1. The Kier molecular flexibility index (Phi) is 4.41. The van der Waals surface area contributed by atoms with Crippen molar-refractivity contribution in [2.75, 3.05) is 37.4 Å². The maximum atomic E-state index is 12.1. The minimum atomic E-state index is -3.33. The van der Waals surface area contributed by atoms with E-state index in [9.17, 15) is 21.6 Å². The van der Waals surface area contributed by atoms with Gasteiger partial charge in [-0.1, -0.05) is 0 Å². The van der Waals surface area contributed by atoms with Crippen molar-refractivity contribution in [3.8, 4) is 0 Å². The molecule has 0 aromatic rings. The molecule has 0 N–H and O–H groups in total. The first-order chi connectivity index (χ1) is 9.21. The van der Waals surface area contributed by atoms with E-state index >= 15 is 0 Å². The number of hydrogen-bond acceptors (Lipinski definition) is 5. The molecule has 7 nitrogen and oxygen atoms in total. The molecule has 116 valence electrons. The van der Waals surface area contributed by atoms with Crippen LogP contribution in [0, 0.1) is 0 Å². The highest BCUT2D eigenvalue weighted by Gasteiger charge is 2.35. The molecule has 1 unspecified atom stereocenters. The highest BCUT2D eigenvalue weighted by Crippen LogP contribution is 2.18. The van der Waals surface area contributed by atoms with Crippen LogP contribution in [0.25, 0.3) is 0 Å². The minimum absolute atomic E-state index is 0.0258. The van der Waals surface area contributed by atoms with Gasteiger partial charge in [0, 0.05) is 19.6 Å². The number of hydrogen-bond donors (Lipinski definition) is 0. The number of likely N-dealkylation sites (N-methyl/N-ethyl adjacent to an activating group) is 1. The molecule has 2 fully saturated rings. The Hall–Kier alpha value is -0.670. The van der Waals surface area contributed by atoms with Crippen molar-refractivity contribution in [2.24, 2.45) is 0 Å². The van der Waals surface area contributed by atoms with Crippen LogP contribution in [0.4, 0.5) is 0 Å². The second-order valence-electron chi connectivity index (χ2n) is 5.42. The van der Waals surface area contributed by atoms with Gasteiger partial charge in [0.1, 0.15) is 0 Å². The predicted molar refractivity (Wildman–Crippen MR) is 74.4 cm³/mol. The van der Waals surface area contributed by atoms with E-state index in [1.54, 1.807) is 7.05 Å². The monoisotopic (exact) mass is 324 g/mol. The Bertz CT molecular complexity index is 584. The number of nitrogens with zero attached hydrogens (tertiary/aromatic N) is 2. The van der Waals surface area contributed by atoms with Gasteiger partial charge in [-0.15, -0.1) is 0 Å². The Balaban J connectivity index is 1.98. The zero-order valence-electron chi connectivity index (χ0n) is 11.5. The minimum Gasteiger partial charge on any atom is -0.341 e. The van der Waals surface area contributed by atoms with E-state index in [1.807, 2.05) is 0 Å². The molecule has 2 rings (SSSR count). The van der Waals surface area contributed by atoms with Crippen LogP contribution in [0.2, 0.25) is 0 Å². The van der Waals surface area contributed by atoms with Crippen molar-refractivity contribution in [1.82, 2.24) is 9.21 Å². The van der Waals surface area contributed by atoms with E-state index in [2.05, 4.69) is 0 Å². The van der Waals surface area contributed by atoms with Gasteiger partial charge < -0.3 is 4.90 Å². The number of amides is 1. The molecule has 0 radical (unpaired) electrons. The van der Waals surface area contributed by atoms with Gasteiger partial charge in [-0.05, 0) is 19.3 Å². The smallest absolute Gasteiger partial charge is 0.237 e. The van der Waals surface area contributed by atoms with Gasteiger partial charge >= 0.3 is 0 Å². The molecular formula is C11H20N2O5S2. The molecule has 9 heteroatoms. The zero-order chi connectivity index (χ0) is 15.0. The van der Waals surface area contributed by atoms with Gasteiger partial charge in [0.05, 0.1) is 23.8 Å². The lowest BCUT2D eigenvalue weighted by Crippen LogP contribution is -2.47. The fourth-order valence-electron chi connectivity index (χ4n) is 2.57. The molecule has 0 aliphatic carbocycles. The van der Waals surface area contributed by atoms with Crippen molar-refractivity contribution in [3.05, 3.63) is 0 Å². The second kappa shape index (κ2) is 5.61. The molecule has 20 heavy (non-hydrogen) atoms. The maximum absolute atomic E-state index is 12.1. The molecule has 1 amide bonds. The molecule has 0 spiro atoms. The molecule has 2 aliphatic heterocycles. The maximum Gasteiger partial charge on any atom is 0.237 e. The van der Waals surface area contributed by atoms with E-state index in [1.165, 1.54) is 9.21 Å². The van der Waals surface area contributed by atoms with Crippen LogP contribution in [-0.2, 0) is 24.7 Å². The molecule has 1 atom stereocenters. The lowest BCUT2D eigenvalue weighted by Gasteiger charge is -2.29. The lowest BCUT2D eigenvalue weighted by atomic mass is 10.2. The van der Waals surface area contributed by atoms with Crippen molar-refractivity contribution < 1.29 is 21.6 Å². The summed E-state index contributed by atoms with van der Waals surface area (Å²) in [5.41, 5.74) is 0. The Labute approximate surface area is 119 Å². The molecule has 2 aliphatic rings. The first kappa shape index (κ1) is 15.7. The summed E-state index contributed by atoms with van der Waals surface area (Å²) in [6.07, 6.45) is 1.81. The fraction of sp³-hybridized carbons (Fsp3) is 0.909. The molecule has 0 aromatic carbocycles. The van der Waals surface area contributed by atoms with Gasteiger partial charge in [-0.2, -0.15) is 4.31 Å². The van der Waals surface area contributed by atoms with Crippen LogP contribution >= 0.6 is 0 Å². The number of sulfonamides is 1. The van der Waals surface area contributed by atoms with Gasteiger partial charge in [-0.3, -0.25) is 4.79 Å². The van der Waals surface area contributed by atoms with Gasteiger partial charge in [-0.25, -0.2) is 16.8 Å². The molecule has 2 heterocycles. The standard InChI is InChI=1S/C11H20N2O5S2/c1-12(10-4-7-19(15,16)9-10)11(14)8-13-5-2-3-6-20(13,17)18/h10H,2-9H2,1H3. The van der Waals surface area contributed by atoms with E-state index < -0.39 is 19.9 Å². The summed E-state index contributed by atoms with van der Waals surface area (Å²) in [7, 11) is -4.84. The summed E-state index contributed by atoms with van der Waals surface area (Å²) in [6, 6.07) is -0.333. The van der Waals surface area contributed by atoms with E-state index in [0.717, 1.165) is 6.42 Å². The summed E-state index contributed by atoms with van der Waals surface area (Å²) < 4.78 is 47.7. The number of rotatable bonds is 3. The largest absolute Gasteiger partial charge is 0.341 e. The predicted octanol–water partition coefficient (Wildman–Crippen LogP) is -0.942. The van der Waals surface area contributed by atoms with Crippen LogP contribution in [0.1, 0.15) is 19.3 Å². The third-order valence-corrected chi connectivity index (χ3v) is 7.57. The molecule has 2 saturated heterocycles. The summed E-state index contributed by atoms with van der Waals surface area (Å²) >= 11 is 0. The quantitative estimate of drug-likeness (QED) is 0.668. The van der Waals surface area contributed by atoms with Crippen molar-refractivity contribution in [2.45, 2.75) is 25.3 Å². The summed E-state index contributed by atoms with van der Waals surface area (Å²) in [5, 5.41) is 0. The van der Waals surface area contributed by atoms with Crippen LogP contribution in [0.15, 0.2) is 0 Å². The number of carbonyl (C=O) groups excluding carboxylic acids is 1. The summed E-state index contributed by atoms with van der Waals surface area (Å²) in [4.78, 5) is 13.5. The topological polar surface area (TPSA) is 91.8 Å². The van der Waals surface area contributed by atoms with Crippen LogP contribution in [0.5, 0.6) is 0 Å². The number of carbonyl (C=O) groups is 1.